The third-order valence-corrected chi connectivity index (χ3v) is 5.40. The van der Waals surface area contributed by atoms with Gasteiger partial charge in [-0.1, -0.05) is 12.1 Å². The van der Waals surface area contributed by atoms with Gasteiger partial charge in [0.05, 0.1) is 0 Å². The highest BCUT2D eigenvalue weighted by Crippen LogP contribution is 2.37. The van der Waals surface area contributed by atoms with Crippen LogP contribution in [0.3, 0.4) is 0 Å². The van der Waals surface area contributed by atoms with Gasteiger partial charge in [0.2, 0.25) is 0 Å². The summed E-state index contributed by atoms with van der Waals surface area (Å²) in [5, 5.41) is 3.71. The van der Waals surface area contributed by atoms with Crippen molar-refractivity contribution in [2.24, 2.45) is 0 Å². The monoisotopic (exact) mass is 294 g/mol. The molecule has 1 N–H and O–H groups in total. The Morgan fingerprint density at radius 1 is 1.40 bits per heavy atom. The quantitative estimate of drug-likeness (QED) is 0.916. The summed E-state index contributed by atoms with van der Waals surface area (Å²) >= 11 is 1.65. The van der Waals surface area contributed by atoms with Gasteiger partial charge in [-0.3, -0.25) is 0 Å². The first-order valence-corrected chi connectivity index (χ1v) is 8.62. The van der Waals surface area contributed by atoms with Gasteiger partial charge in [0.1, 0.15) is 5.82 Å². The highest BCUT2D eigenvalue weighted by Gasteiger charge is 2.25. The number of thioether (sulfide) groups is 1. The van der Waals surface area contributed by atoms with E-state index in [1.54, 1.807) is 17.8 Å². The molecule has 4 heteroatoms. The molecule has 2 unspecified atom stereocenters. The zero-order valence-electron chi connectivity index (χ0n) is 12.1. The molecule has 0 bridgehead atoms. The van der Waals surface area contributed by atoms with Crippen LogP contribution in [0, 0.1) is 5.82 Å². The average Bonchev–Trinajstić information content (AvgIpc) is 2.93. The van der Waals surface area contributed by atoms with Gasteiger partial charge in [-0.05, 0) is 56.7 Å². The Bertz CT molecular complexity index is 460. The minimum atomic E-state index is -0.0637. The first kappa shape index (κ1) is 14.4. The lowest BCUT2D eigenvalue weighted by atomic mass is 10.0. The molecule has 110 valence electrons. The summed E-state index contributed by atoms with van der Waals surface area (Å²) in [5.41, 5.74) is 1.15. The van der Waals surface area contributed by atoms with Crippen molar-refractivity contribution in [2.45, 2.75) is 43.2 Å². The first-order chi connectivity index (χ1) is 9.74. The minimum absolute atomic E-state index is 0.0637. The summed E-state index contributed by atoms with van der Waals surface area (Å²) in [6.07, 6.45) is 3.76. The van der Waals surface area contributed by atoms with Crippen LogP contribution in [-0.2, 0) is 0 Å². The van der Waals surface area contributed by atoms with Gasteiger partial charge in [0.25, 0.3) is 0 Å². The fourth-order valence-corrected chi connectivity index (χ4v) is 4.45. The topological polar surface area (TPSA) is 15.3 Å². The van der Waals surface area contributed by atoms with Crippen molar-refractivity contribution in [3.05, 3.63) is 29.6 Å². The third-order valence-electron chi connectivity index (χ3n) is 4.24. The summed E-state index contributed by atoms with van der Waals surface area (Å²) in [5.74, 6) is 0.938. The van der Waals surface area contributed by atoms with Crippen LogP contribution in [0.1, 0.15) is 37.8 Å². The van der Waals surface area contributed by atoms with Crippen molar-refractivity contribution in [1.82, 2.24) is 10.2 Å². The van der Waals surface area contributed by atoms with Crippen LogP contribution in [0.5, 0.6) is 0 Å². The van der Waals surface area contributed by atoms with Gasteiger partial charge in [-0.15, -0.1) is 11.8 Å². The van der Waals surface area contributed by atoms with E-state index in [1.807, 2.05) is 6.07 Å². The lowest BCUT2D eigenvalue weighted by molar-refractivity contribution is 0.283. The van der Waals surface area contributed by atoms with Crippen LogP contribution in [0.4, 0.5) is 4.39 Å². The van der Waals surface area contributed by atoms with Crippen molar-refractivity contribution in [1.29, 1.82) is 0 Å². The molecular weight excluding hydrogens is 271 g/mol. The van der Waals surface area contributed by atoms with Crippen molar-refractivity contribution >= 4 is 11.8 Å². The summed E-state index contributed by atoms with van der Waals surface area (Å²) < 4.78 is 13.9. The number of hydrogen-bond donors (Lipinski definition) is 1. The standard InChI is InChI=1S/C16H23FN2S/c1-12(11-19-8-2-3-9-19)18-15-7-10-20-16-13(15)5-4-6-14(16)17/h4-6,12,15,18H,2-3,7-11H2,1H3. The van der Waals surface area contributed by atoms with Gasteiger partial charge < -0.3 is 10.2 Å². The number of benzene rings is 1. The molecule has 2 atom stereocenters. The van der Waals surface area contributed by atoms with Crippen LogP contribution in [0.15, 0.2) is 23.1 Å². The molecule has 1 fully saturated rings. The highest BCUT2D eigenvalue weighted by molar-refractivity contribution is 7.99. The first-order valence-electron chi connectivity index (χ1n) is 7.63. The molecule has 2 heterocycles. The van der Waals surface area contributed by atoms with E-state index in [0.717, 1.165) is 29.2 Å². The van der Waals surface area contributed by atoms with E-state index in [9.17, 15) is 4.39 Å². The molecule has 0 amide bonds. The zero-order valence-corrected chi connectivity index (χ0v) is 12.9. The second-order valence-electron chi connectivity index (χ2n) is 5.92. The number of nitrogens with one attached hydrogen (secondary N) is 1. The molecule has 1 aromatic carbocycles. The predicted molar refractivity (Wildman–Crippen MR) is 82.8 cm³/mol. The van der Waals surface area contributed by atoms with E-state index in [2.05, 4.69) is 23.2 Å². The summed E-state index contributed by atoms with van der Waals surface area (Å²) in [4.78, 5) is 3.38. The highest BCUT2D eigenvalue weighted by atomic mass is 32.2. The van der Waals surface area contributed by atoms with Gasteiger partial charge in [-0.2, -0.15) is 0 Å². The normalized spacial score (nSPS) is 24.6. The van der Waals surface area contributed by atoms with E-state index in [4.69, 9.17) is 0 Å². The molecule has 1 aromatic rings. The molecule has 20 heavy (non-hydrogen) atoms. The van der Waals surface area contributed by atoms with E-state index in [1.165, 1.54) is 25.9 Å². The van der Waals surface area contributed by atoms with E-state index in [0.29, 0.717) is 12.1 Å². The smallest absolute Gasteiger partial charge is 0.137 e. The second-order valence-corrected chi connectivity index (χ2v) is 7.03. The van der Waals surface area contributed by atoms with Crippen LogP contribution in [-0.4, -0.2) is 36.3 Å². The summed E-state index contributed by atoms with van der Waals surface area (Å²) in [6.45, 7) is 5.82. The number of likely N-dealkylation sites (tertiary alicyclic amines) is 1. The van der Waals surface area contributed by atoms with E-state index >= 15 is 0 Å². The van der Waals surface area contributed by atoms with Gasteiger partial charge in [0, 0.05) is 23.5 Å². The molecule has 3 rings (SSSR count). The lowest BCUT2D eigenvalue weighted by Crippen LogP contribution is -2.40. The minimum Gasteiger partial charge on any atom is -0.306 e. The molecule has 2 nitrogen and oxygen atoms in total. The SMILES string of the molecule is CC(CN1CCCC1)NC1CCSc2c(F)cccc21. The molecular formula is C16H23FN2S. The van der Waals surface area contributed by atoms with Crippen LogP contribution in [0.25, 0.3) is 0 Å². The van der Waals surface area contributed by atoms with Crippen LogP contribution < -0.4 is 5.32 Å². The third kappa shape index (κ3) is 3.18. The van der Waals surface area contributed by atoms with Crippen molar-refractivity contribution in [3.63, 3.8) is 0 Å². The van der Waals surface area contributed by atoms with Gasteiger partial charge in [0.15, 0.2) is 0 Å². The molecule has 1 saturated heterocycles. The van der Waals surface area contributed by atoms with E-state index in [-0.39, 0.29) is 5.82 Å². The Morgan fingerprint density at radius 3 is 3.00 bits per heavy atom. The Kier molecular flexibility index (Phi) is 4.64. The van der Waals surface area contributed by atoms with E-state index < -0.39 is 0 Å². The molecule has 2 aliphatic rings. The molecule has 0 radical (unpaired) electrons. The van der Waals surface area contributed by atoms with Gasteiger partial charge >= 0.3 is 0 Å². The fraction of sp³-hybridized carbons (Fsp3) is 0.625. The maximum absolute atomic E-state index is 13.9. The zero-order chi connectivity index (χ0) is 13.9. The number of halogens is 1. The summed E-state index contributed by atoms with van der Waals surface area (Å²) in [7, 11) is 0. The lowest BCUT2D eigenvalue weighted by Gasteiger charge is -2.30. The molecule has 0 spiro atoms. The molecule has 2 aliphatic heterocycles. The number of nitrogens with zero attached hydrogens (tertiary/aromatic N) is 1. The Labute approximate surface area is 125 Å². The maximum atomic E-state index is 13.9. The van der Waals surface area contributed by atoms with Crippen LogP contribution >= 0.6 is 11.8 Å². The predicted octanol–water partition coefficient (Wildman–Crippen LogP) is 3.44. The number of rotatable bonds is 4. The Morgan fingerprint density at radius 2 is 2.20 bits per heavy atom. The largest absolute Gasteiger partial charge is 0.306 e. The Balaban J connectivity index is 1.65. The number of hydrogen-bond acceptors (Lipinski definition) is 3. The fourth-order valence-electron chi connectivity index (χ4n) is 3.31. The van der Waals surface area contributed by atoms with Gasteiger partial charge in [-0.25, -0.2) is 4.39 Å². The average molecular weight is 294 g/mol. The maximum Gasteiger partial charge on any atom is 0.137 e. The molecule has 0 aliphatic carbocycles. The second kappa shape index (κ2) is 6.46. The van der Waals surface area contributed by atoms with Crippen molar-refractivity contribution in [2.75, 3.05) is 25.4 Å². The summed E-state index contributed by atoms with van der Waals surface area (Å²) in [6, 6.07) is 6.24. The van der Waals surface area contributed by atoms with Crippen molar-refractivity contribution < 1.29 is 4.39 Å². The molecule has 0 aromatic heterocycles. The Hall–Kier alpha value is -0.580. The number of fused-ring (bicyclic) bond motifs is 1. The van der Waals surface area contributed by atoms with Crippen molar-refractivity contribution in [3.8, 4) is 0 Å². The van der Waals surface area contributed by atoms with Crippen LogP contribution in [0.2, 0.25) is 0 Å². The molecule has 0 saturated carbocycles.